The van der Waals surface area contributed by atoms with Crippen LogP contribution in [0.1, 0.15) is 36.1 Å². The number of halogens is 5. The lowest BCUT2D eigenvalue weighted by atomic mass is 9.93. The van der Waals surface area contributed by atoms with Gasteiger partial charge in [0.2, 0.25) is 0 Å². The third-order valence-electron chi connectivity index (χ3n) is 6.25. The molecule has 190 valence electrons. The molecule has 1 heterocycles. The van der Waals surface area contributed by atoms with Gasteiger partial charge in [0, 0.05) is 11.6 Å². The van der Waals surface area contributed by atoms with E-state index in [9.17, 15) is 26.0 Å². The van der Waals surface area contributed by atoms with Gasteiger partial charge in [0.25, 0.3) is 10.0 Å². The van der Waals surface area contributed by atoms with Crippen LogP contribution in [0, 0.1) is 5.82 Å². The van der Waals surface area contributed by atoms with E-state index in [-0.39, 0.29) is 10.6 Å². The standard InChI is InChI=1S/C26H23ClF4N2O2S/c1-15(25-21(27)7-4-8-22(25)28)11-17-9-10-18-13-23(32)16(2)33(24(18)12-17)36(34,35)20-6-3-5-19(14-20)26(29,30)31/h3-12,14,16,23H,13,32H2,1-2H3/t16-,23-/m1/s1. The first-order valence-electron chi connectivity index (χ1n) is 11.0. The molecule has 4 rings (SSSR count). The fourth-order valence-electron chi connectivity index (χ4n) is 4.36. The molecule has 0 unspecified atom stereocenters. The Morgan fingerprint density at radius 3 is 2.47 bits per heavy atom. The van der Waals surface area contributed by atoms with Gasteiger partial charge >= 0.3 is 6.18 Å². The number of sulfonamides is 1. The van der Waals surface area contributed by atoms with Gasteiger partial charge in [-0.15, -0.1) is 0 Å². The average molecular weight is 539 g/mol. The first kappa shape index (κ1) is 26.2. The molecule has 3 aromatic carbocycles. The number of alkyl halides is 3. The van der Waals surface area contributed by atoms with Crippen LogP contribution in [0.2, 0.25) is 5.02 Å². The van der Waals surface area contributed by atoms with Crippen molar-refractivity contribution in [3.63, 3.8) is 0 Å². The zero-order valence-corrected chi connectivity index (χ0v) is 20.9. The molecular formula is C26H23ClF4N2O2S. The molecule has 3 aromatic rings. The molecule has 0 saturated heterocycles. The van der Waals surface area contributed by atoms with E-state index < -0.39 is 44.6 Å². The second-order valence-corrected chi connectivity index (χ2v) is 11.0. The fraction of sp³-hybridized carbons (Fsp3) is 0.231. The van der Waals surface area contributed by atoms with Crippen molar-refractivity contribution in [2.75, 3.05) is 4.31 Å². The van der Waals surface area contributed by atoms with Crippen molar-refractivity contribution in [1.29, 1.82) is 0 Å². The second kappa shape index (κ2) is 9.53. The normalized spacial score (nSPS) is 18.8. The molecule has 2 N–H and O–H groups in total. The van der Waals surface area contributed by atoms with Crippen LogP contribution in [-0.4, -0.2) is 20.5 Å². The van der Waals surface area contributed by atoms with E-state index >= 15 is 0 Å². The number of nitrogens with two attached hydrogens (primary N) is 1. The van der Waals surface area contributed by atoms with Crippen molar-refractivity contribution in [1.82, 2.24) is 0 Å². The molecule has 0 fully saturated rings. The average Bonchev–Trinajstić information content (AvgIpc) is 2.79. The van der Waals surface area contributed by atoms with Gasteiger partial charge in [0.1, 0.15) is 5.82 Å². The quantitative estimate of drug-likeness (QED) is 0.303. The summed E-state index contributed by atoms with van der Waals surface area (Å²) in [5.74, 6) is -0.498. The van der Waals surface area contributed by atoms with Gasteiger partial charge in [-0.3, -0.25) is 4.31 Å². The Kier molecular flexibility index (Phi) is 6.94. The highest BCUT2D eigenvalue weighted by Gasteiger charge is 2.39. The lowest BCUT2D eigenvalue weighted by Gasteiger charge is -2.39. The summed E-state index contributed by atoms with van der Waals surface area (Å²) in [4.78, 5) is -0.487. The molecular weight excluding hydrogens is 516 g/mol. The summed E-state index contributed by atoms with van der Waals surface area (Å²) in [6.45, 7) is 3.30. The number of hydrogen-bond acceptors (Lipinski definition) is 3. The maximum atomic E-state index is 14.4. The van der Waals surface area contributed by atoms with Crippen LogP contribution in [0.4, 0.5) is 23.2 Å². The third-order valence-corrected chi connectivity index (χ3v) is 8.46. The van der Waals surface area contributed by atoms with E-state index in [0.29, 0.717) is 34.9 Å². The number of benzene rings is 3. The molecule has 4 nitrogen and oxygen atoms in total. The highest BCUT2D eigenvalue weighted by atomic mass is 35.5. The Morgan fingerprint density at radius 1 is 1.11 bits per heavy atom. The predicted octanol–water partition coefficient (Wildman–Crippen LogP) is 6.53. The molecule has 0 aliphatic carbocycles. The third kappa shape index (κ3) is 4.87. The van der Waals surface area contributed by atoms with E-state index in [1.807, 2.05) is 0 Å². The summed E-state index contributed by atoms with van der Waals surface area (Å²) < 4.78 is 82.6. The van der Waals surface area contributed by atoms with E-state index in [1.54, 1.807) is 44.2 Å². The van der Waals surface area contributed by atoms with Crippen LogP contribution in [0.5, 0.6) is 0 Å². The van der Waals surface area contributed by atoms with Gasteiger partial charge in [-0.2, -0.15) is 13.2 Å². The van der Waals surface area contributed by atoms with Gasteiger partial charge in [-0.05, 0) is 73.4 Å². The monoisotopic (exact) mass is 538 g/mol. The van der Waals surface area contributed by atoms with Crippen LogP contribution in [0.25, 0.3) is 11.6 Å². The smallest absolute Gasteiger partial charge is 0.326 e. The highest BCUT2D eigenvalue weighted by molar-refractivity contribution is 7.92. The van der Waals surface area contributed by atoms with E-state index in [0.717, 1.165) is 22.5 Å². The predicted molar refractivity (Wildman–Crippen MR) is 134 cm³/mol. The summed E-state index contributed by atoms with van der Waals surface area (Å²) in [5.41, 5.74) is 7.42. The Balaban J connectivity index is 1.83. The van der Waals surface area contributed by atoms with Crippen molar-refractivity contribution in [3.05, 3.63) is 93.8 Å². The van der Waals surface area contributed by atoms with Crippen LogP contribution in [0.15, 0.2) is 65.6 Å². The SMILES string of the molecule is CC(=Cc1ccc2c(c1)N(S(=O)(=O)c1cccc(C(F)(F)F)c1)[C@H](C)[C@H](N)C2)c1c(F)cccc1Cl. The second-order valence-electron chi connectivity index (χ2n) is 8.75. The number of fused-ring (bicyclic) bond motifs is 1. The molecule has 36 heavy (non-hydrogen) atoms. The minimum atomic E-state index is -4.70. The van der Waals surface area contributed by atoms with Crippen molar-refractivity contribution in [2.45, 2.75) is 43.4 Å². The number of rotatable bonds is 4. The molecule has 1 aliphatic heterocycles. The first-order chi connectivity index (χ1) is 16.8. The van der Waals surface area contributed by atoms with Crippen molar-refractivity contribution in [2.24, 2.45) is 5.73 Å². The van der Waals surface area contributed by atoms with Crippen molar-refractivity contribution in [3.8, 4) is 0 Å². The van der Waals surface area contributed by atoms with Crippen molar-refractivity contribution < 1.29 is 26.0 Å². The van der Waals surface area contributed by atoms with Crippen LogP contribution < -0.4 is 10.0 Å². The Hall–Kier alpha value is -2.88. The molecule has 0 aromatic heterocycles. The van der Waals surface area contributed by atoms with Gasteiger partial charge in [0.15, 0.2) is 0 Å². The topological polar surface area (TPSA) is 63.4 Å². The molecule has 0 amide bonds. The van der Waals surface area contributed by atoms with Crippen LogP contribution in [0.3, 0.4) is 0 Å². The van der Waals surface area contributed by atoms with E-state index in [1.165, 1.54) is 12.1 Å². The molecule has 10 heteroatoms. The molecule has 0 saturated carbocycles. The lowest BCUT2D eigenvalue weighted by Crippen LogP contribution is -2.53. The van der Waals surface area contributed by atoms with E-state index in [4.69, 9.17) is 17.3 Å². The lowest BCUT2D eigenvalue weighted by molar-refractivity contribution is -0.137. The van der Waals surface area contributed by atoms with Gasteiger partial charge in [0.05, 0.1) is 27.2 Å². The maximum Gasteiger partial charge on any atom is 0.416 e. The molecule has 0 spiro atoms. The Labute approximate surface area is 212 Å². The van der Waals surface area contributed by atoms with Gasteiger partial charge < -0.3 is 5.73 Å². The highest BCUT2D eigenvalue weighted by Crippen LogP contribution is 2.38. The van der Waals surface area contributed by atoms with Gasteiger partial charge in [-0.25, -0.2) is 12.8 Å². The minimum absolute atomic E-state index is 0.223. The number of nitrogens with zero attached hydrogens (tertiary/aromatic N) is 1. The Morgan fingerprint density at radius 2 is 1.81 bits per heavy atom. The number of allylic oxidation sites excluding steroid dienone is 1. The fourth-order valence-corrected chi connectivity index (χ4v) is 6.45. The molecule has 2 atom stereocenters. The van der Waals surface area contributed by atoms with Crippen LogP contribution in [-0.2, 0) is 22.6 Å². The Bertz CT molecular complexity index is 1430. The number of anilines is 1. The van der Waals surface area contributed by atoms with Crippen LogP contribution >= 0.6 is 11.6 Å². The zero-order valence-electron chi connectivity index (χ0n) is 19.4. The zero-order chi connectivity index (χ0) is 26.4. The maximum absolute atomic E-state index is 14.4. The summed E-state index contributed by atoms with van der Waals surface area (Å²) in [7, 11) is -4.40. The summed E-state index contributed by atoms with van der Waals surface area (Å²) in [5, 5.41) is 0.232. The first-order valence-corrected chi connectivity index (χ1v) is 12.9. The summed E-state index contributed by atoms with van der Waals surface area (Å²) in [6, 6.07) is 11.8. The molecule has 0 bridgehead atoms. The summed E-state index contributed by atoms with van der Waals surface area (Å²) in [6.07, 6.45) is -2.65. The summed E-state index contributed by atoms with van der Waals surface area (Å²) >= 11 is 6.17. The van der Waals surface area contributed by atoms with E-state index in [2.05, 4.69) is 0 Å². The minimum Gasteiger partial charge on any atom is -0.326 e. The largest absolute Gasteiger partial charge is 0.416 e. The molecule has 1 aliphatic rings. The van der Waals surface area contributed by atoms with Gasteiger partial charge in [-0.1, -0.05) is 41.9 Å². The van der Waals surface area contributed by atoms with Crippen molar-refractivity contribution >= 4 is 39.0 Å². The number of hydrogen-bond donors (Lipinski definition) is 1. The molecule has 0 radical (unpaired) electrons.